The number of allylic oxidation sites excluding steroid dienone is 1. The quantitative estimate of drug-likeness (QED) is 0.498. The van der Waals surface area contributed by atoms with Gasteiger partial charge in [0.2, 0.25) is 0 Å². The Morgan fingerprint density at radius 1 is 1.53 bits per heavy atom. The monoisotopic (exact) mass is 242 g/mol. The van der Waals surface area contributed by atoms with Crippen molar-refractivity contribution >= 4 is 5.97 Å². The maximum atomic E-state index is 11.6. The number of carbonyl (C=O) groups is 1. The lowest BCUT2D eigenvalue weighted by Gasteiger charge is -2.32. The zero-order chi connectivity index (χ0) is 13.1. The van der Waals surface area contributed by atoms with Crippen molar-refractivity contribution in [2.75, 3.05) is 6.61 Å². The van der Waals surface area contributed by atoms with Gasteiger partial charge in [0, 0.05) is 0 Å². The van der Waals surface area contributed by atoms with Crippen LogP contribution in [0.4, 0.5) is 0 Å². The fourth-order valence-electron chi connectivity index (χ4n) is 2.04. The van der Waals surface area contributed by atoms with Gasteiger partial charge in [-0.25, -0.2) is 0 Å². The van der Waals surface area contributed by atoms with Crippen molar-refractivity contribution in [2.45, 2.75) is 51.7 Å². The Labute approximate surface area is 102 Å². The van der Waals surface area contributed by atoms with Crippen LogP contribution in [0.15, 0.2) is 11.6 Å². The third-order valence-corrected chi connectivity index (χ3v) is 3.39. The van der Waals surface area contributed by atoms with E-state index in [-0.39, 0.29) is 6.61 Å². The van der Waals surface area contributed by atoms with Crippen LogP contribution >= 0.6 is 0 Å². The van der Waals surface area contributed by atoms with Gasteiger partial charge in [-0.1, -0.05) is 5.57 Å². The molecule has 0 saturated carbocycles. The van der Waals surface area contributed by atoms with Crippen LogP contribution in [0.5, 0.6) is 0 Å². The van der Waals surface area contributed by atoms with E-state index in [1.54, 1.807) is 13.8 Å². The van der Waals surface area contributed by atoms with Crippen LogP contribution in [0.1, 0.15) is 40.0 Å². The van der Waals surface area contributed by atoms with E-state index in [0.717, 1.165) is 18.4 Å². The summed E-state index contributed by atoms with van der Waals surface area (Å²) in [7, 11) is 0. The van der Waals surface area contributed by atoms with Crippen LogP contribution in [0.25, 0.3) is 0 Å². The molecule has 1 rings (SSSR count). The molecule has 0 aromatic rings. The molecule has 4 nitrogen and oxygen atoms in total. The Balaban J connectivity index is 2.84. The highest BCUT2D eigenvalue weighted by Gasteiger charge is 2.37. The smallest absolute Gasteiger partial charge is 0.311 e. The summed E-state index contributed by atoms with van der Waals surface area (Å²) in [6.07, 6.45) is 2.88. The van der Waals surface area contributed by atoms with Crippen molar-refractivity contribution in [3.8, 4) is 0 Å². The predicted molar refractivity (Wildman–Crippen MR) is 64.4 cm³/mol. The normalized spacial score (nSPS) is 39.8. The Hall–Kier alpha value is -0.870. The number of aliphatic hydroxyl groups is 2. The van der Waals surface area contributed by atoms with E-state index < -0.39 is 23.6 Å². The van der Waals surface area contributed by atoms with Crippen molar-refractivity contribution < 1.29 is 19.7 Å². The number of hydrogen-bond acceptors (Lipinski definition) is 4. The molecule has 0 aromatic carbocycles. The maximum Gasteiger partial charge on any atom is 0.311 e. The summed E-state index contributed by atoms with van der Waals surface area (Å²) >= 11 is 0. The van der Waals surface area contributed by atoms with E-state index in [1.165, 1.54) is 0 Å². The summed E-state index contributed by atoms with van der Waals surface area (Å²) in [4.78, 5) is 11.6. The van der Waals surface area contributed by atoms with Crippen LogP contribution in [0, 0.1) is 5.92 Å². The zero-order valence-electron chi connectivity index (χ0n) is 10.8. The fourth-order valence-corrected chi connectivity index (χ4v) is 2.04. The van der Waals surface area contributed by atoms with Gasteiger partial charge in [0.15, 0.2) is 0 Å². The van der Waals surface area contributed by atoms with Gasteiger partial charge in [0.25, 0.3) is 0 Å². The van der Waals surface area contributed by atoms with E-state index in [4.69, 9.17) is 4.74 Å². The Morgan fingerprint density at radius 3 is 2.82 bits per heavy atom. The SMILES string of the molecule is C/C1=C\COC(=O)C(C)[C@@H](O)[C@@](C)(O)CCC1. The summed E-state index contributed by atoms with van der Waals surface area (Å²) in [6, 6.07) is 0. The lowest BCUT2D eigenvalue weighted by atomic mass is 9.85. The summed E-state index contributed by atoms with van der Waals surface area (Å²) in [6.45, 7) is 5.36. The summed E-state index contributed by atoms with van der Waals surface area (Å²) in [5.74, 6) is -1.18. The van der Waals surface area contributed by atoms with E-state index in [0.29, 0.717) is 6.42 Å². The van der Waals surface area contributed by atoms with Gasteiger partial charge < -0.3 is 14.9 Å². The van der Waals surface area contributed by atoms with Gasteiger partial charge in [-0.05, 0) is 46.1 Å². The van der Waals surface area contributed by atoms with Gasteiger partial charge in [-0.15, -0.1) is 0 Å². The number of cyclic esters (lactones) is 1. The molecule has 2 N–H and O–H groups in total. The second-order valence-electron chi connectivity index (χ2n) is 5.12. The van der Waals surface area contributed by atoms with Crippen LogP contribution in [-0.2, 0) is 9.53 Å². The largest absolute Gasteiger partial charge is 0.461 e. The van der Waals surface area contributed by atoms with Crippen molar-refractivity contribution in [3.05, 3.63) is 11.6 Å². The number of rotatable bonds is 0. The highest BCUT2D eigenvalue weighted by atomic mass is 16.5. The molecule has 0 amide bonds. The molecular weight excluding hydrogens is 220 g/mol. The van der Waals surface area contributed by atoms with Crippen molar-refractivity contribution in [1.82, 2.24) is 0 Å². The molecule has 0 saturated heterocycles. The first-order valence-corrected chi connectivity index (χ1v) is 6.07. The molecule has 0 aromatic heterocycles. The van der Waals surface area contributed by atoms with Gasteiger partial charge in [0.1, 0.15) is 6.61 Å². The van der Waals surface area contributed by atoms with E-state index >= 15 is 0 Å². The number of hydrogen-bond donors (Lipinski definition) is 2. The molecule has 0 bridgehead atoms. The maximum absolute atomic E-state index is 11.6. The molecule has 1 aliphatic heterocycles. The molecule has 0 fully saturated rings. The Bertz CT molecular complexity index is 307. The average molecular weight is 242 g/mol. The number of esters is 1. The molecule has 3 atom stereocenters. The number of aliphatic hydroxyl groups excluding tert-OH is 1. The third kappa shape index (κ3) is 3.82. The molecule has 1 heterocycles. The summed E-state index contributed by atoms with van der Waals surface area (Å²) in [5, 5.41) is 20.1. The minimum atomic E-state index is -1.25. The van der Waals surface area contributed by atoms with Gasteiger partial charge >= 0.3 is 5.97 Å². The van der Waals surface area contributed by atoms with Gasteiger partial charge in [0.05, 0.1) is 17.6 Å². The van der Waals surface area contributed by atoms with E-state index in [9.17, 15) is 15.0 Å². The standard InChI is InChI=1S/C13H22O4/c1-9-5-4-7-13(3,16)11(14)10(2)12(15)17-8-6-9/h6,10-11,14,16H,4-5,7-8H2,1-3H3/b9-6+/t10?,11-,13+/m1/s1. The molecule has 0 spiro atoms. The first kappa shape index (κ1) is 14.2. The van der Waals surface area contributed by atoms with Crippen LogP contribution in [0.2, 0.25) is 0 Å². The molecule has 98 valence electrons. The zero-order valence-corrected chi connectivity index (χ0v) is 10.8. The fraction of sp³-hybridized carbons (Fsp3) is 0.769. The lowest BCUT2D eigenvalue weighted by molar-refractivity contribution is -0.159. The second-order valence-corrected chi connectivity index (χ2v) is 5.12. The highest BCUT2D eigenvalue weighted by Crippen LogP contribution is 2.25. The van der Waals surface area contributed by atoms with E-state index in [2.05, 4.69) is 0 Å². The van der Waals surface area contributed by atoms with E-state index in [1.807, 2.05) is 13.0 Å². The van der Waals surface area contributed by atoms with Gasteiger partial charge in [-0.2, -0.15) is 0 Å². The molecule has 0 radical (unpaired) electrons. The molecule has 0 aliphatic carbocycles. The summed E-state index contributed by atoms with van der Waals surface area (Å²) in [5.41, 5.74) is -0.110. The molecule has 17 heavy (non-hydrogen) atoms. The lowest BCUT2D eigenvalue weighted by Crippen LogP contribution is -2.46. The number of carbonyl (C=O) groups excluding carboxylic acids is 1. The Kier molecular flexibility index (Phi) is 4.71. The van der Waals surface area contributed by atoms with Crippen LogP contribution < -0.4 is 0 Å². The molecule has 4 heteroatoms. The van der Waals surface area contributed by atoms with Crippen LogP contribution in [-0.4, -0.2) is 34.5 Å². The van der Waals surface area contributed by atoms with Crippen molar-refractivity contribution in [3.63, 3.8) is 0 Å². The first-order valence-electron chi connectivity index (χ1n) is 6.07. The first-order chi connectivity index (χ1) is 7.84. The predicted octanol–water partition coefficient (Wildman–Crippen LogP) is 1.41. The van der Waals surface area contributed by atoms with Crippen LogP contribution in [0.3, 0.4) is 0 Å². The molecule has 1 aliphatic rings. The minimum absolute atomic E-state index is 0.240. The molecule has 1 unspecified atom stereocenters. The second kappa shape index (κ2) is 5.65. The van der Waals surface area contributed by atoms with Crippen molar-refractivity contribution in [1.29, 1.82) is 0 Å². The molecular formula is C13H22O4. The Morgan fingerprint density at radius 2 is 2.18 bits per heavy atom. The third-order valence-electron chi connectivity index (χ3n) is 3.39. The minimum Gasteiger partial charge on any atom is -0.461 e. The van der Waals surface area contributed by atoms with Gasteiger partial charge in [-0.3, -0.25) is 4.79 Å². The topological polar surface area (TPSA) is 66.8 Å². The van der Waals surface area contributed by atoms with Crippen molar-refractivity contribution in [2.24, 2.45) is 5.92 Å². The number of ether oxygens (including phenoxy) is 1. The average Bonchev–Trinajstić information content (AvgIpc) is 2.26. The summed E-state index contributed by atoms with van der Waals surface area (Å²) < 4.78 is 5.03. The highest BCUT2D eigenvalue weighted by molar-refractivity contribution is 5.73.